The van der Waals surface area contributed by atoms with Gasteiger partial charge in [-0.15, -0.1) is 0 Å². The molecule has 0 aliphatic rings. The van der Waals surface area contributed by atoms with E-state index in [9.17, 15) is 9.90 Å². The number of nitrogens with one attached hydrogen (secondary N) is 1. The van der Waals surface area contributed by atoms with Crippen LogP contribution in [0.25, 0.3) is 10.8 Å². The lowest BCUT2D eigenvalue weighted by molar-refractivity contribution is -0.139. The molecular formula is C20H27NO3. The van der Waals surface area contributed by atoms with E-state index in [1.54, 1.807) is 7.11 Å². The van der Waals surface area contributed by atoms with Crippen molar-refractivity contribution in [2.75, 3.05) is 7.11 Å². The predicted molar refractivity (Wildman–Crippen MR) is 97.5 cm³/mol. The normalized spacial score (nSPS) is 13.0. The average molecular weight is 329 g/mol. The number of fused-ring (bicyclic) bond motifs is 1. The first-order chi connectivity index (χ1) is 11.3. The van der Waals surface area contributed by atoms with E-state index in [0.717, 1.165) is 28.5 Å². The molecule has 0 aromatic heterocycles. The molecule has 0 bridgehead atoms. The summed E-state index contributed by atoms with van der Waals surface area (Å²) in [6, 6.07) is 11.5. The molecule has 0 radical (unpaired) electrons. The zero-order chi connectivity index (χ0) is 17.7. The summed E-state index contributed by atoms with van der Waals surface area (Å²) in [7, 11) is 1.64. The van der Waals surface area contributed by atoms with E-state index >= 15 is 0 Å². The van der Waals surface area contributed by atoms with Gasteiger partial charge in [-0.2, -0.15) is 0 Å². The van der Waals surface area contributed by atoms with E-state index in [-0.39, 0.29) is 5.41 Å². The second-order valence-electron chi connectivity index (χ2n) is 7.34. The van der Waals surface area contributed by atoms with Crippen LogP contribution in [0.5, 0.6) is 5.75 Å². The van der Waals surface area contributed by atoms with E-state index in [2.05, 4.69) is 26.1 Å². The highest BCUT2D eigenvalue weighted by atomic mass is 16.5. The molecule has 2 aromatic carbocycles. The molecule has 2 N–H and O–H groups in total. The number of hydrogen-bond donors (Lipinski definition) is 2. The molecule has 130 valence electrons. The fraction of sp³-hybridized carbons (Fsp3) is 0.450. The van der Waals surface area contributed by atoms with Crippen molar-refractivity contribution in [3.05, 3.63) is 42.0 Å². The van der Waals surface area contributed by atoms with E-state index in [1.165, 1.54) is 0 Å². The highest BCUT2D eigenvalue weighted by molar-refractivity contribution is 5.87. The van der Waals surface area contributed by atoms with Crippen molar-refractivity contribution >= 4 is 16.7 Å². The Kier molecular flexibility index (Phi) is 5.84. The third-order valence-electron chi connectivity index (χ3n) is 4.22. The summed E-state index contributed by atoms with van der Waals surface area (Å²) in [4.78, 5) is 11.6. The number of carboxylic acids is 1. The van der Waals surface area contributed by atoms with Gasteiger partial charge in [0.2, 0.25) is 0 Å². The number of hydrogen-bond acceptors (Lipinski definition) is 3. The maximum Gasteiger partial charge on any atom is 0.320 e. The van der Waals surface area contributed by atoms with Gasteiger partial charge < -0.3 is 15.2 Å². The number of methoxy groups -OCH3 is 1. The second kappa shape index (κ2) is 7.67. The molecule has 1 atom stereocenters. The molecule has 0 aliphatic heterocycles. The summed E-state index contributed by atoms with van der Waals surface area (Å²) in [6.07, 6.45) is 1.45. The Balaban J connectivity index is 2.20. The maximum absolute atomic E-state index is 11.6. The Hall–Kier alpha value is -2.07. The van der Waals surface area contributed by atoms with E-state index in [1.807, 2.05) is 36.4 Å². The minimum absolute atomic E-state index is 0.118. The molecular weight excluding hydrogens is 302 g/mol. The smallest absolute Gasteiger partial charge is 0.320 e. The Morgan fingerprint density at radius 2 is 1.92 bits per heavy atom. The van der Waals surface area contributed by atoms with Crippen LogP contribution >= 0.6 is 0 Å². The van der Waals surface area contributed by atoms with E-state index in [4.69, 9.17) is 4.74 Å². The minimum Gasteiger partial charge on any atom is -0.496 e. The Labute approximate surface area is 143 Å². The average Bonchev–Trinajstić information content (AvgIpc) is 2.53. The lowest BCUT2D eigenvalue weighted by Crippen LogP contribution is -2.37. The summed E-state index contributed by atoms with van der Waals surface area (Å²) in [5, 5.41) is 14.9. The molecule has 0 unspecified atom stereocenters. The van der Waals surface area contributed by atoms with Gasteiger partial charge in [0.25, 0.3) is 0 Å². The van der Waals surface area contributed by atoms with Gasteiger partial charge in [0.05, 0.1) is 7.11 Å². The largest absolute Gasteiger partial charge is 0.496 e. The summed E-state index contributed by atoms with van der Waals surface area (Å²) < 4.78 is 5.47. The van der Waals surface area contributed by atoms with E-state index in [0.29, 0.717) is 13.0 Å². The van der Waals surface area contributed by atoms with Crippen molar-refractivity contribution in [1.82, 2.24) is 5.32 Å². The van der Waals surface area contributed by atoms with Crippen molar-refractivity contribution in [2.45, 2.75) is 46.2 Å². The topological polar surface area (TPSA) is 58.6 Å². The summed E-state index contributed by atoms with van der Waals surface area (Å²) in [5.41, 5.74) is 1.12. The van der Waals surface area contributed by atoms with Gasteiger partial charge in [-0.05, 0) is 35.1 Å². The van der Waals surface area contributed by atoms with Crippen LogP contribution in [0, 0.1) is 5.41 Å². The molecule has 0 fully saturated rings. The molecule has 0 amide bonds. The van der Waals surface area contributed by atoms with Crippen LogP contribution in [0.3, 0.4) is 0 Å². The molecule has 24 heavy (non-hydrogen) atoms. The van der Waals surface area contributed by atoms with Gasteiger partial charge in [-0.1, -0.05) is 51.1 Å². The van der Waals surface area contributed by atoms with Crippen LogP contribution in [-0.4, -0.2) is 24.2 Å². The standard InChI is InChI=1S/C20H27NO3/c1-20(2,3)12-11-17(19(22)23)21-13-16-15-8-6-5-7-14(15)9-10-18(16)24-4/h5-10,17,21H,11-13H2,1-4H3,(H,22,23)/t17-/m0/s1. The zero-order valence-corrected chi connectivity index (χ0v) is 14.9. The van der Waals surface area contributed by atoms with Gasteiger partial charge in [0.15, 0.2) is 0 Å². The van der Waals surface area contributed by atoms with Gasteiger partial charge in [-0.3, -0.25) is 4.79 Å². The first-order valence-corrected chi connectivity index (χ1v) is 8.32. The first-order valence-electron chi connectivity index (χ1n) is 8.32. The SMILES string of the molecule is COc1ccc2ccccc2c1CN[C@@H](CCC(C)(C)C)C(=O)O. The highest BCUT2D eigenvalue weighted by Gasteiger charge is 2.21. The molecule has 4 nitrogen and oxygen atoms in total. The molecule has 0 heterocycles. The van der Waals surface area contributed by atoms with Crippen LogP contribution in [0.1, 0.15) is 39.2 Å². The van der Waals surface area contributed by atoms with Crippen molar-refractivity contribution in [2.24, 2.45) is 5.41 Å². The minimum atomic E-state index is -0.807. The molecule has 0 saturated carbocycles. The molecule has 0 saturated heterocycles. The lowest BCUT2D eigenvalue weighted by Gasteiger charge is -2.22. The summed E-state index contributed by atoms with van der Waals surface area (Å²) in [6.45, 7) is 6.84. The van der Waals surface area contributed by atoms with Gasteiger partial charge in [-0.25, -0.2) is 0 Å². The molecule has 2 rings (SSSR count). The quantitative estimate of drug-likeness (QED) is 0.798. The lowest BCUT2D eigenvalue weighted by atomic mass is 9.88. The van der Waals surface area contributed by atoms with Crippen molar-refractivity contribution in [3.8, 4) is 5.75 Å². The number of rotatable bonds is 7. The van der Waals surface area contributed by atoms with Crippen molar-refractivity contribution in [3.63, 3.8) is 0 Å². The predicted octanol–water partition coefficient (Wildman–Crippen LogP) is 4.22. The van der Waals surface area contributed by atoms with E-state index < -0.39 is 12.0 Å². The third-order valence-corrected chi connectivity index (χ3v) is 4.22. The summed E-state index contributed by atoms with van der Waals surface area (Å²) in [5.74, 6) is -0.0281. The van der Waals surface area contributed by atoms with Crippen LogP contribution in [0.2, 0.25) is 0 Å². The van der Waals surface area contributed by atoms with Crippen molar-refractivity contribution < 1.29 is 14.6 Å². The first kappa shape index (κ1) is 18.3. The second-order valence-corrected chi connectivity index (χ2v) is 7.34. The fourth-order valence-corrected chi connectivity index (χ4v) is 2.80. The molecule has 2 aromatic rings. The van der Waals surface area contributed by atoms with Gasteiger partial charge in [0.1, 0.15) is 11.8 Å². The van der Waals surface area contributed by atoms with Crippen molar-refractivity contribution in [1.29, 1.82) is 0 Å². The monoisotopic (exact) mass is 329 g/mol. The number of ether oxygens (including phenoxy) is 1. The van der Waals surface area contributed by atoms with Crippen LogP contribution < -0.4 is 10.1 Å². The van der Waals surface area contributed by atoms with Gasteiger partial charge in [0, 0.05) is 12.1 Å². The molecule has 4 heteroatoms. The Bertz CT molecular complexity index is 704. The summed E-state index contributed by atoms with van der Waals surface area (Å²) >= 11 is 0. The van der Waals surface area contributed by atoms with Crippen LogP contribution in [-0.2, 0) is 11.3 Å². The molecule has 0 aliphatic carbocycles. The van der Waals surface area contributed by atoms with Crippen LogP contribution in [0.4, 0.5) is 0 Å². The Morgan fingerprint density at radius 1 is 1.21 bits per heavy atom. The highest BCUT2D eigenvalue weighted by Crippen LogP contribution is 2.28. The zero-order valence-electron chi connectivity index (χ0n) is 14.9. The molecule has 0 spiro atoms. The number of carboxylic acid groups (broad SMARTS) is 1. The number of benzene rings is 2. The number of aliphatic carboxylic acids is 1. The van der Waals surface area contributed by atoms with Gasteiger partial charge >= 0.3 is 5.97 Å². The fourth-order valence-electron chi connectivity index (χ4n) is 2.80. The number of carbonyl (C=O) groups is 1. The maximum atomic E-state index is 11.6. The Morgan fingerprint density at radius 3 is 2.54 bits per heavy atom. The third kappa shape index (κ3) is 4.71. The van der Waals surface area contributed by atoms with Crippen LogP contribution in [0.15, 0.2) is 36.4 Å².